The number of hydrogen-bond acceptors (Lipinski definition) is 7. The SMILES string of the molecule is CC(C)Nc1nc(Nc2cncc(F)c2)nc(-c2cccc(Cl)n2)n1. The first kappa shape index (κ1) is 17.0. The van der Waals surface area contributed by atoms with E-state index < -0.39 is 5.82 Å². The molecule has 0 radical (unpaired) electrons. The molecule has 0 saturated heterocycles. The summed E-state index contributed by atoms with van der Waals surface area (Å²) in [6.45, 7) is 3.93. The van der Waals surface area contributed by atoms with Gasteiger partial charge >= 0.3 is 0 Å². The molecule has 0 aliphatic rings. The molecular formula is C16H15ClFN7. The number of anilines is 3. The van der Waals surface area contributed by atoms with Crippen LogP contribution in [-0.4, -0.2) is 31.0 Å². The van der Waals surface area contributed by atoms with Crippen LogP contribution < -0.4 is 10.6 Å². The van der Waals surface area contributed by atoms with Gasteiger partial charge in [0.1, 0.15) is 16.7 Å². The van der Waals surface area contributed by atoms with Gasteiger partial charge in [-0.05, 0) is 26.0 Å². The molecule has 0 saturated carbocycles. The van der Waals surface area contributed by atoms with Crippen molar-refractivity contribution < 1.29 is 4.39 Å². The van der Waals surface area contributed by atoms with Crippen LogP contribution >= 0.6 is 11.6 Å². The summed E-state index contributed by atoms with van der Waals surface area (Å²) in [5, 5.41) is 6.37. The highest BCUT2D eigenvalue weighted by Crippen LogP contribution is 2.20. The number of rotatable bonds is 5. The van der Waals surface area contributed by atoms with E-state index in [1.807, 2.05) is 13.8 Å². The number of hydrogen-bond donors (Lipinski definition) is 2. The Bertz CT molecular complexity index is 888. The summed E-state index contributed by atoms with van der Waals surface area (Å²) in [7, 11) is 0. The number of nitrogens with one attached hydrogen (secondary N) is 2. The molecule has 0 aliphatic carbocycles. The van der Waals surface area contributed by atoms with E-state index in [1.54, 1.807) is 18.2 Å². The molecule has 2 N–H and O–H groups in total. The standard InChI is InChI=1S/C16H15ClFN7/c1-9(2)20-15-23-14(12-4-3-5-13(17)22-12)24-16(25-15)21-11-6-10(18)7-19-8-11/h3-9H,1-2H3,(H2,20,21,23,24,25). The molecule has 0 atom stereocenters. The maximum absolute atomic E-state index is 13.3. The summed E-state index contributed by atoms with van der Waals surface area (Å²) >= 11 is 5.94. The Morgan fingerprint density at radius 3 is 2.56 bits per heavy atom. The quantitative estimate of drug-likeness (QED) is 0.671. The highest BCUT2D eigenvalue weighted by atomic mass is 35.5. The Morgan fingerprint density at radius 2 is 1.84 bits per heavy atom. The summed E-state index contributed by atoms with van der Waals surface area (Å²) in [5.74, 6) is 0.486. The Morgan fingerprint density at radius 1 is 1.04 bits per heavy atom. The number of nitrogens with zero attached hydrogens (tertiary/aromatic N) is 5. The van der Waals surface area contributed by atoms with E-state index in [4.69, 9.17) is 11.6 Å². The van der Waals surface area contributed by atoms with Crippen LogP contribution in [0.2, 0.25) is 5.15 Å². The third-order valence-corrected chi connectivity index (χ3v) is 3.17. The van der Waals surface area contributed by atoms with Gasteiger partial charge in [0.15, 0.2) is 5.82 Å². The molecule has 0 aromatic carbocycles. The fourth-order valence-corrected chi connectivity index (χ4v) is 2.18. The lowest BCUT2D eigenvalue weighted by Crippen LogP contribution is -2.14. The van der Waals surface area contributed by atoms with Gasteiger partial charge in [0, 0.05) is 12.1 Å². The molecule has 25 heavy (non-hydrogen) atoms. The lowest BCUT2D eigenvalue weighted by molar-refractivity contribution is 0.622. The van der Waals surface area contributed by atoms with Crippen molar-refractivity contribution in [3.05, 3.63) is 47.6 Å². The van der Waals surface area contributed by atoms with Gasteiger partial charge in [-0.3, -0.25) is 4.98 Å². The van der Waals surface area contributed by atoms with Gasteiger partial charge in [-0.2, -0.15) is 15.0 Å². The van der Waals surface area contributed by atoms with Crippen LogP contribution in [-0.2, 0) is 0 Å². The van der Waals surface area contributed by atoms with Crippen molar-refractivity contribution in [1.29, 1.82) is 0 Å². The van der Waals surface area contributed by atoms with E-state index in [0.717, 1.165) is 6.20 Å². The molecule has 3 heterocycles. The van der Waals surface area contributed by atoms with Gasteiger partial charge in [-0.1, -0.05) is 17.7 Å². The molecule has 7 nitrogen and oxygen atoms in total. The third kappa shape index (κ3) is 4.57. The van der Waals surface area contributed by atoms with Crippen LogP contribution in [0.25, 0.3) is 11.5 Å². The van der Waals surface area contributed by atoms with Crippen LogP contribution in [0.4, 0.5) is 22.0 Å². The second kappa shape index (κ2) is 7.35. The lowest BCUT2D eigenvalue weighted by Gasteiger charge is -2.12. The van der Waals surface area contributed by atoms with Crippen LogP contribution in [0.15, 0.2) is 36.7 Å². The first-order valence-corrected chi connectivity index (χ1v) is 7.90. The van der Waals surface area contributed by atoms with Crippen molar-refractivity contribution >= 4 is 29.2 Å². The summed E-state index contributed by atoms with van der Waals surface area (Å²) in [6, 6.07) is 6.58. The zero-order valence-corrected chi connectivity index (χ0v) is 14.3. The Labute approximate surface area is 148 Å². The monoisotopic (exact) mass is 359 g/mol. The van der Waals surface area contributed by atoms with E-state index in [-0.39, 0.29) is 12.0 Å². The number of aromatic nitrogens is 5. The Balaban J connectivity index is 2.00. The Hall–Kier alpha value is -2.87. The fraction of sp³-hybridized carbons (Fsp3) is 0.188. The third-order valence-electron chi connectivity index (χ3n) is 2.96. The molecule has 0 bridgehead atoms. The molecule has 0 spiro atoms. The van der Waals surface area contributed by atoms with Gasteiger partial charge in [0.2, 0.25) is 11.9 Å². The van der Waals surface area contributed by atoms with E-state index in [0.29, 0.717) is 28.3 Å². The van der Waals surface area contributed by atoms with E-state index in [2.05, 4.69) is 35.6 Å². The summed E-state index contributed by atoms with van der Waals surface area (Å²) in [6.07, 6.45) is 2.59. The van der Waals surface area contributed by atoms with Gasteiger partial charge in [0.05, 0.1) is 18.1 Å². The van der Waals surface area contributed by atoms with Gasteiger partial charge < -0.3 is 10.6 Å². The predicted octanol–water partition coefficient (Wildman–Crippen LogP) is 3.69. The summed E-state index contributed by atoms with van der Waals surface area (Å²) in [4.78, 5) is 21.0. The molecule has 0 unspecified atom stereocenters. The van der Waals surface area contributed by atoms with Gasteiger partial charge in [-0.25, -0.2) is 9.37 Å². The zero-order valence-electron chi connectivity index (χ0n) is 13.5. The van der Waals surface area contributed by atoms with Crippen molar-refractivity contribution in [3.8, 4) is 11.5 Å². The zero-order chi connectivity index (χ0) is 17.8. The van der Waals surface area contributed by atoms with E-state index in [9.17, 15) is 4.39 Å². The maximum atomic E-state index is 13.3. The second-order valence-electron chi connectivity index (χ2n) is 5.47. The van der Waals surface area contributed by atoms with Gasteiger partial charge in [0.25, 0.3) is 0 Å². The van der Waals surface area contributed by atoms with Crippen molar-refractivity contribution in [2.75, 3.05) is 10.6 Å². The summed E-state index contributed by atoms with van der Waals surface area (Å²) in [5.41, 5.74) is 0.925. The Kier molecular flexibility index (Phi) is 4.99. The van der Waals surface area contributed by atoms with Gasteiger partial charge in [-0.15, -0.1) is 0 Å². The van der Waals surface area contributed by atoms with Crippen LogP contribution in [0, 0.1) is 5.82 Å². The minimum atomic E-state index is -0.462. The molecule has 3 aromatic rings. The number of pyridine rings is 2. The lowest BCUT2D eigenvalue weighted by atomic mass is 10.3. The van der Waals surface area contributed by atoms with E-state index >= 15 is 0 Å². The van der Waals surface area contributed by atoms with Crippen LogP contribution in [0.1, 0.15) is 13.8 Å². The molecule has 0 aliphatic heterocycles. The largest absolute Gasteiger partial charge is 0.352 e. The highest BCUT2D eigenvalue weighted by Gasteiger charge is 2.11. The molecule has 128 valence electrons. The molecule has 9 heteroatoms. The van der Waals surface area contributed by atoms with Crippen molar-refractivity contribution in [2.24, 2.45) is 0 Å². The van der Waals surface area contributed by atoms with Crippen molar-refractivity contribution in [1.82, 2.24) is 24.9 Å². The highest BCUT2D eigenvalue weighted by molar-refractivity contribution is 6.29. The second-order valence-corrected chi connectivity index (χ2v) is 5.85. The topological polar surface area (TPSA) is 88.5 Å². The predicted molar refractivity (Wildman–Crippen MR) is 94.3 cm³/mol. The van der Waals surface area contributed by atoms with Crippen molar-refractivity contribution in [3.63, 3.8) is 0 Å². The van der Waals surface area contributed by atoms with Crippen molar-refractivity contribution in [2.45, 2.75) is 19.9 Å². The smallest absolute Gasteiger partial charge is 0.232 e. The van der Waals surface area contributed by atoms with Crippen LogP contribution in [0.3, 0.4) is 0 Å². The molecule has 0 amide bonds. The average Bonchev–Trinajstić information content (AvgIpc) is 2.54. The first-order valence-electron chi connectivity index (χ1n) is 7.53. The maximum Gasteiger partial charge on any atom is 0.232 e. The molecular weight excluding hydrogens is 345 g/mol. The minimum Gasteiger partial charge on any atom is -0.352 e. The molecule has 3 aromatic heterocycles. The molecule has 0 fully saturated rings. The fourth-order valence-electron chi connectivity index (χ4n) is 2.01. The van der Waals surface area contributed by atoms with Crippen LogP contribution in [0.5, 0.6) is 0 Å². The number of halogens is 2. The minimum absolute atomic E-state index is 0.117. The summed E-state index contributed by atoms with van der Waals surface area (Å²) < 4.78 is 13.3. The van der Waals surface area contributed by atoms with E-state index in [1.165, 1.54) is 12.3 Å². The first-order chi connectivity index (χ1) is 12.0. The normalized spacial score (nSPS) is 10.8. The average molecular weight is 360 g/mol. The molecule has 3 rings (SSSR count).